The van der Waals surface area contributed by atoms with Gasteiger partial charge < -0.3 is 9.84 Å². The van der Waals surface area contributed by atoms with E-state index in [1.165, 1.54) is 18.0 Å². The zero-order valence-corrected chi connectivity index (χ0v) is 12.6. The van der Waals surface area contributed by atoms with E-state index >= 15 is 0 Å². The minimum Gasteiger partial charge on any atom is -0.493 e. The first-order valence-corrected chi connectivity index (χ1v) is 6.82. The fourth-order valence-corrected chi connectivity index (χ4v) is 2.11. The van der Waals surface area contributed by atoms with Gasteiger partial charge in [-0.25, -0.2) is 19.3 Å². The van der Waals surface area contributed by atoms with Gasteiger partial charge in [0.1, 0.15) is 6.33 Å². The molecule has 0 atom stereocenters. The molecule has 0 radical (unpaired) electrons. The van der Waals surface area contributed by atoms with Crippen LogP contribution in [0, 0.1) is 18.9 Å². The first kappa shape index (κ1) is 14.6. The molecule has 0 saturated heterocycles. The predicted molar refractivity (Wildman–Crippen MR) is 83.1 cm³/mol. The first-order chi connectivity index (χ1) is 11.1. The lowest BCUT2D eigenvalue weighted by Gasteiger charge is -2.04. The maximum atomic E-state index is 11.4. The van der Waals surface area contributed by atoms with Crippen molar-refractivity contribution in [2.45, 2.75) is 6.92 Å². The molecule has 23 heavy (non-hydrogen) atoms. The van der Waals surface area contributed by atoms with Gasteiger partial charge in [-0.15, -0.1) is 0 Å². The Kier molecular flexibility index (Phi) is 3.69. The third kappa shape index (κ3) is 2.85. The quantitative estimate of drug-likeness (QED) is 0.550. The van der Waals surface area contributed by atoms with E-state index in [4.69, 9.17) is 0 Å². The van der Waals surface area contributed by atoms with Gasteiger partial charge in [0.2, 0.25) is 5.88 Å². The van der Waals surface area contributed by atoms with Crippen molar-refractivity contribution in [1.82, 2.24) is 14.5 Å². The average Bonchev–Trinajstić information content (AvgIpc) is 2.95. The second kappa shape index (κ2) is 5.81. The van der Waals surface area contributed by atoms with Crippen molar-refractivity contribution in [2.24, 2.45) is 0 Å². The number of aromatic nitrogens is 3. The maximum Gasteiger partial charge on any atom is 0.337 e. The zero-order valence-electron chi connectivity index (χ0n) is 12.6. The number of ether oxygens (including phenoxy) is 1. The summed E-state index contributed by atoms with van der Waals surface area (Å²) in [5.74, 6) is 2.98. The van der Waals surface area contributed by atoms with Crippen molar-refractivity contribution in [3.63, 3.8) is 0 Å². The molecule has 0 spiro atoms. The first-order valence-electron chi connectivity index (χ1n) is 6.82. The maximum absolute atomic E-state index is 11.4. The van der Waals surface area contributed by atoms with Gasteiger partial charge in [-0.2, -0.15) is 0 Å². The molecule has 2 heterocycles. The third-order valence-electron chi connectivity index (χ3n) is 3.27. The van der Waals surface area contributed by atoms with Crippen LogP contribution >= 0.6 is 0 Å². The Hall–Kier alpha value is -3.33. The Balaban J connectivity index is 1.91. The highest BCUT2D eigenvalue weighted by Crippen LogP contribution is 2.28. The Morgan fingerprint density at radius 3 is 2.74 bits per heavy atom. The summed E-state index contributed by atoms with van der Waals surface area (Å²) in [6.45, 7) is 1.83. The molecule has 0 fully saturated rings. The van der Waals surface area contributed by atoms with Crippen molar-refractivity contribution in [1.29, 1.82) is 0 Å². The van der Waals surface area contributed by atoms with Gasteiger partial charge in [-0.1, -0.05) is 0 Å². The molecule has 0 saturated carbocycles. The van der Waals surface area contributed by atoms with Crippen molar-refractivity contribution in [2.75, 3.05) is 7.11 Å². The number of carbonyl (C=O) groups excluding carboxylic acids is 1. The number of benzene rings is 1. The molecule has 6 nitrogen and oxygen atoms in total. The molecule has 114 valence electrons. The van der Waals surface area contributed by atoms with Gasteiger partial charge in [-0.3, -0.25) is 0 Å². The molecule has 2 aliphatic heterocycles. The van der Waals surface area contributed by atoms with Crippen LogP contribution in [-0.2, 0) is 4.74 Å². The number of hydrogen-bond donors (Lipinski definition) is 1. The molecule has 2 aliphatic rings. The molecule has 0 unspecified atom stereocenters. The van der Waals surface area contributed by atoms with Crippen molar-refractivity contribution in [3.8, 4) is 29.2 Å². The lowest BCUT2D eigenvalue weighted by atomic mass is 10.1. The van der Waals surface area contributed by atoms with Crippen LogP contribution in [0.4, 0.5) is 0 Å². The molecular weight excluding hydrogens is 294 g/mol. The standard InChI is InChI=1S/C17H13N3O3/c1-11-9-14-15(19-11)18-10-20(16(14)21)8-7-12-3-5-13(6-4-12)17(22)23-2/h3-6,9-10,21H,1-2H3. The van der Waals surface area contributed by atoms with Gasteiger partial charge >= 0.3 is 5.97 Å². The van der Waals surface area contributed by atoms with Crippen LogP contribution in [-0.4, -0.2) is 32.7 Å². The minimum atomic E-state index is -0.398. The van der Waals surface area contributed by atoms with Crippen LogP contribution in [0.15, 0.2) is 36.7 Å². The SMILES string of the molecule is COC(=O)c1ccc(C#Cn2cnc3nc(C)cc-3c2O)cc1. The molecule has 6 heteroatoms. The molecular formula is C17H13N3O3. The van der Waals surface area contributed by atoms with Crippen molar-refractivity contribution in [3.05, 3.63) is 53.5 Å². The number of nitrogens with zero attached hydrogens (tertiary/aromatic N) is 3. The number of rotatable bonds is 1. The van der Waals surface area contributed by atoms with Crippen LogP contribution < -0.4 is 0 Å². The number of hydrogen-bond acceptors (Lipinski definition) is 5. The number of aryl methyl sites for hydroxylation is 1. The summed E-state index contributed by atoms with van der Waals surface area (Å²) in [4.78, 5) is 19.7. The smallest absolute Gasteiger partial charge is 0.337 e. The lowest BCUT2D eigenvalue weighted by Crippen LogP contribution is -2.00. The Morgan fingerprint density at radius 2 is 2.04 bits per heavy atom. The summed E-state index contributed by atoms with van der Waals surface area (Å²) in [5.41, 5.74) is 2.49. The van der Waals surface area contributed by atoms with Crippen LogP contribution in [0.25, 0.3) is 11.4 Å². The van der Waals surface area contributed by atoms with Gasteiger partial charge in [0, 0.05) is 17.3 Å². The number of methoxy groups -OCH3 is 1. The van der Waals surface area contributed by atoms with E-state index in [1.807, 2.05) is 6.92 Å². The summed E-state index contributed by atoms with van der Waals surface area (Å²) < 4.78 is 5.97. The highest BCUT2D eigenvalue weighted by molar-refractivity contribution is 5.89. The number of carbonyl (C=O) groups is 1. The fourth-order valence-electron chi connectivity index (χ4n) is 2.11. The van der Waals surface area contributed by atoms with E-state index in [0.717, 1.165) is 5.69 Å². The average molecular weight is 307 g/mol. The van der Waals surface area contributed by atoms with E-state index in [1.54, 1.807) is 30.3 Å². The van der Waals surface area contributed by atoms with Gasteiger partial charge in [0.05, 0.1) is 18.2 Å². The predicted octanol–water partition coefficient (Wildman–Crippen LogP) is 2.04. The second-order valence-electron chi connectivity index (χ2n) is 4.88. The monoisotopic (exact) mass is 307 g/mol. The summed E-state index contributed by atoms with van der Waals surface area (Å²) in [6.07, 6.45) is 1.42. The number of aromatic hydroxyl groups is 1. The van der Waals surface area contributed by atoms with Crippen LogP contribution in [0.1, 0.15) is 21.6 Å². The normalized spacial score (nSPS) is 10.2. The Morgan fingerprint density at radius 1 is 1.30 bits per heavy atom. The number of fused-ring (bicyclic) bond motifs is 1. The zero-order chi connectivity index (χ0) is 16.4. The second-order valence-corrected chi connectivity index (χ2v) is 4.88. The van der Waals surface area contributed by atoms with E-state index < -0.39 is 5.97 Å². The number of esters is 1. The highest BCUT2D eigenvalue weighted by Gasteiger charge is 2.14. The van der Waals surface area contributed by atoms with E-state index in [-0.39, 0.29) is 5.88 Å². The molecule has 1 aromatic carbocycles. The molecule has 0 aliphatic carbocycles. The topological polar surface area (TPSA) is 77.2 Å². The van der Waals surface area contributed by atoms with E-state index in [0.29, 0.717) is 22.5 Å². The molecule has 0 bridgehead atoms. The summed E-state index contributed by atoms with van der Waals surface area (Å²) in [6, 6.07) is 11.2. The molecule has 3 rings (SSSR count). The summed E-state index contributed by atoms with van der Waals surface area (Å²) in [7, 11) is 1.33. The Bertz CT molecular complexity index is 901. The third-order valence-corrected chi connectivity index (χ3v) is 3.27. The van der Waals surface area contributed by atoms with Crippen molar-refractivity contribution < 1.29 is 14.6 Å². The van der Waals surface area contributed by atoms with E-state index in [2.05, 4.69) is 26.7 Å². The fraction of sp³-hybridized carbons (Fsp3) is 0.118. The summed E-state index contributed by atoms with van der Waals surface area (Å²) >= 11 is 0. The van der Waals surface area contributed by atoms with E-state index in [9.17, 15) is 9.90 Å². The van der Waals surface area contributed by atoms with Gasteiger partial charge in [0.15, 0.2) is 5.82 Å². The molecule has 0 aromatic heterocycles. The lowest BCUT2D eigenvalue weighted by molar-refractivity contribution is 0.0600. The van der Waals surface area contributed by atoms with Crippen molar-refractivity contribution >= 4 is 5.97 Å². The van der Waals surface area contributed by atoms with Gasteiger partial charge in [0.25, 0.3) is 0 Å². The molecule has 1 N–H and O–H groups in total. The molecule has 0 amide bonds. The van der Waals surface area contributed by atoms with Crippen LogP contribution in [0.2, 0.25) is 0 Å². The molecule has 1 aromatic rings. The summed E-state index contributed by atoms with van der Waals surface area (Å²) in [5, 5.41) is 10.2. The van der Waals surface area contributed by atoms with Gasteiger partial charge in [-0.05, 0) is 43.2 Å². The largest absolute Gasteiger partial charge is 0.493 e. The van der Waals surface area contributed by atoms with Crippen LogP contribution in [0.5, 0.6) is 5.88 Å². The Labute approximate surface area is 132 Å². The highest BCUT2D eigenvalue weighted by atomic mass is 16.5. The minimum absolute atomic E-state index is 0.00530. The van der Waals surface area contributed by atoms with Crippen LogP contribution in [0.3, 0.4) is 0 Å².